The molecule has 8 nitrogen and oxygen atoms in total. The van der Waals surface area contributed by atoms with Crippen molar-refractivity contribution in [2.24, 2.45) is 0 Å². The Hall–Kier alpha value is -3.07. The van der Waals surface area contributed by atoms with Gasteiger partial charge in [0.25, 0.3) is 5.91 Å². The Bertz CT molecular complexity index is 859. The van der Waals surface area contributed by atoms with Gasteiger partial charge in [0, 0.05) is 24.7 Å². The topological polar surface area (TPSA) is 110 Å². The summed E-state index contributed by atoms with van der Waals surface area (Å²) in [4.78, 5) is 34.9. The Morgan fingerprint density at radius 2 is 2.04 bits per heavy atom. The molecule has 24 heavy (non-hydrogen) atoms. The molecule has 0 aliphatic carbocycles. The quantitative estimate of drug-likeness (QED) is 0.734. The third-order valence-corrected chi connectivity index (χ3v) is 3.68. The molecular formula is C15H13N5O3S. The van der Waals surface area contributed by atoms with Crippen LogP contribution >= 0.6 is 11.3 Å². The van der Waals surface area contributed by atoms with Crippen molar-refractivity contribution in [1.29, 1.82) is 0 Å². The lowest BCUT2D eigenvalue weighted by Gasteiger charge is -1.99. The van der Waals surface area contributed by atoms with Crippen LogP contribution in [0, 0.1) is 0 Å². The van der Waals surface area contributed by atoms with Crippen LogP contribution in [-0.4, -0.2) is 26.8 Å². The highest BCUT2D eigenvalue weighted by molar-refractivity contribution is 7.14. The molecule has 0 aliphatic heterocycles. The van der Waals surface area contributed by atoms with E-state index in [1.54, 1.807) is 23.6 Å². The summed E-state index contributed by atoms with van der Waals surface area (Å²) in [5, 5.41) is 7.48. The van der Waals surface area contributed by atoms with E-state index in [-0.39, 0.29) is 11.7 Å². The van der Waals surface area contributed by atoms with Crippen molar-refractivity contribution in [3.05, 3.63) is 47.6 Å². The zero-order valence-electron chi connectivity index (χ0n) is 12.6. The third kappa shape index (κ3) is 3.82. The largest absolute Gasteiger partial charge is 0.458 e. The number of nitrogens with one attached hydrogen (secondary N) is 2. The van der Waals surface area contributed by atoms with Gasteiger partial charge in [-0.2, -0.15) is 0 Å². The first-order valence-corrected chi connectivity index (χ1v) is 7.87. The predicted octanol–water partition coefficient (Wildman–Crippen LogP) is 2.08. The van der Waals surface area contributed by atoms with E-state index in [0.29, 0.717) is 28.9 Å². The van der Waals surface area contributed by atoms with Crippen molar-refractivity contribution in [2.75, 3.05) is 5.32 Å². The Balaban J connectivity index is 1.67. The van der Waals surface area contributed by atoms with Crippen LogP contribution in [0.3, 0.4) is 0 Å². The Morgan fingerprint density at radius 1 is 1.25 bits per heavy atom. The molecule has 0 fully saturated rings. The molecule has 0 saturated heterocycles. The minimum atomic E-state index is -0.428. The second kappa shape index (κ2) is 7.01. The number of furan rings is 1. The maximum absolute atomic E-state index is 12.0. The fourth-order valence-corrected chi connectivity index (χ4v) is 2.53. The van der Waals surface area contributed by atoms with Crippen LogP contribution in [0.25, 0.3) is 11.5 Å². The van der Waals surface area contributed by atoms with Gasteiger partial charge in [0.15, 0.2) is 10.9 Å². The molecule has 2 N–H and O–H groups in total. The van der Waals surface area contributed by atoms with Gasteiger partial charge in [-0.15, -0.1) is 11.3 Å². The number of thiazole rings is 1. The van der Waals surface area contributed by atoms with Gasteiger partial charge in [-0.25, -0.2) is 15.0 Å². The van der Waals surface area contributed by atoms with E-state index in [2.05, 4.69) is 25.6 Å². The van der Waals surface area contributed by atoms with Gasteiger partial charge < -0.3 is 9.73 Å². The number of anilines is 1. The zero-order valence-corrected chi connectivity index (χ0v) is 13.5. The molecule has 3 aromatic rings. The summed E-state index contributed by atoms with van der Waals surface area (Å²) in [6.45, 7) is 1.75. The molecule has 0 radical (unpaired) electrons. The fraction of sp³-hybridized carbons (Fsp3) is 0.133. The van der Waals surface area contributed by atoms with Crippen LogP contribution < -0.4 is 10.6 Å². The van der Waals surface area contributed by atoms with E-state index in [4.69, 9.17) is 4.42 Å². The normalized spacial score (nSPS) is 10.4. The second-order valence-corrected chi connectivity index (χ2v) is 5.60. The van der Waals surface area contributed by atoms with Gasteiger partial charge >= 0.3 is 0 Å². The summed E-state index contributed by atoms with van der Waals surface area (Å²) in [6, 6.07) is 5.16. The first kappa shape index (κ1) is 15.8. The molecular weight excluding hydrogens is 330 g/mol. The molecule has 0 spiro atoms. The van der Waals surface area contributed by atoms with Crippen LogP contribution in [0.15, 0.2) is 40.4 Å². The first-order valence-electron chi connectivity index (χ1n) is 6.99. The van der Waals surface area contributed by atoms with E-state index < -0.39 is 5.91 Å². The predicted molar refractivity (Wildman–Crippen MR) is 87.3 cm³/mol. The molecule has 3 aromatic heterocycles. The number of amides is 2. The summed E-state index contributed by atoms with van der Waals surface area (Å²) < 4.78 is 5.62. The molecule has 0 saturated carbocycles. The SMILES string of the molecule is CC(=O)NCc1ccc(-c2csc(NC(=O)c3ncccn3)n2)o1. The molecule has 122 valence electrons. The lowest BCUT2D eigenvalue weighted by molar-refractivity contribution is -0.119. The summed E-state index contributed by atoms with van der Waals surface area (Å²) in [5.41, 5.74) is 0.596. The lowest BCUT2D eigenvalue weighted by atomic mass is 10.3. The minimum Gasteiger partial charge on any atom is -0.458 e. The standard InChI is InChI=1S/C15H13N5O3S/c1-9(21)18-7-10-3-4-12(23-10)11-8-24-15(19-11)20-14(22)13-16-5-2-6-17-13/h2-6,8H,7H2,1H3,(H,18,21)(H,19,20,22). The van der Waals surface area contributed by atoms with Crippen molar-refractivity contribution < 1.29 is 14.0 Å². The number of carbonyl (C=O) groups excluding carboxylic acids is 2. The second-order valence-electron chi connectivity index (χ2n) is 4.74. The minimum absolute atomic E-state index is 0.0739. The average Bonchev–Trinajstić information content (AvgIpc) is 3.22. The molecule has 3 rings (SSSR count). The number of rotatable bonds is 5. The fourth-order valence-electron chi connectivity index (χ4n) is 1.84. The van der Waals surface area contributed by atoms with Gasteiger partial charge in [-0.05, 0) is 18.2 Å². The highest BCUT2D eigenvalue weighted by Crippen LogP contribution is 2.26. The highest BCUT2D eigenvalue weighted by Gasteiger charge is 2.13. The van der Waals surface area contributed by atoms with Crippen LogP contribution in [0.2, 0.25) is 0 Å². The molecule has 0 aromatic carbocycles. The zero-order chi connectivity index (χ0) is 16.9. The lowest BCUT2D eigenvalue weighted by Crippen LogP contribution is -2.18. The maximum Gasteiger partial charge on any atom is 0.295 e. The van der Waals surface area contributed by atoms with E-state index in [0.717, 1.165) is 0 Å². The van der Waals surface area contributed by atoms with Gasteiger partial charge in [-0.1, -0.05) is 0 Å². The van der Waals surface area contributed by atoms with E-state index in [1.165, 1.54) is 30.7 Å². The van der Waals surface area contributed by atoms with E-state index in [1.807, 2.05) is 0 Å². The molecule has 3 heterocycles. The first-order chi connectivity index (χ1) is 11.6. The number of hydrogen-bond acceptors (Lipinski definition) is 7. The molecule has 0 atom stereocenters. The smallest absolute Gasteiger partial charge is 0.295 e. The number of nitrogens with zero attached hydrogens (tertiary/aromatic N) is 3. The summed E-state index contributed by atoms with van der Waals surface area (Å²) in [6.07, 6.45) is 2.99. The number of aromatic nitrogens is 3. The van der Waals surface area contributed by atoms with Crippen LogP contribution in [-0.2, 0) is 11.3 Å². The van der Waals surface area contributed by atoms with E-state index in [9.17, 15) is 9.59 Å². The third-order valence-electron chi connectivity index (χ3n) is 2.92. The molecule has 9 heteroatoms. The van der Waals surface area contributed by atoms with Crippen molar-refractivity contribution >= 4 is 28.3 Å². The van der Waals surface area contributed by atoms with Crippen LogP contribution in [0.1, 0.15) is 23.3 Å². The van der Waals surface area contributed by atoms with Crippen molar-refractivity contribution in [3.63, 3.8) is 0 Å². The average molecular weight is 343 g/mol. The van der Waals surface area contributed by atoms with Gasteiger partial charge in [0.2, 0.25) is 11.7 Å². The van der Waals surface area contributed by atoms with Gasteiger partial charge in [-0.3, -0.25) is 14.9 Å². The number of hydrogen-bond donors (Lipinski definition) is 2. The summed E-state index contributed by atoms with van der Waals surface area (Å²) in [5.74, 6) is 0.696. The summed E-state index contributed by atoms with van der Waals surface area (Å²) >= 11 is 1.27. The molecule has 0 unspecified atom stereocenters. The van der Waals surface area contributed by atoms with Crippen LogP contribution in [0.5, 0.6) is 0 Å². The maximum atomic E-state index is 12.0. The monoisotopic (exact) mass is 343 g/mol. The number of carbonyl (C=O) groups is 2. The van der Waals surface area contributed by atoms with Gasteiger partial charge in [0.05, 0.1) is 6.54 Å². The highest BCUT2D eigenvalue weighted by atomic mass is 32.1. The van der Waals surface area contributed by atoms with Gasteiger partial charge in [0.1, 0.15) is 11.5 Å². The molecule has 2 amide bonds. The Labute approximate surface area is 141 Å². The Morgan fingerprint density at radius 3 is 2.79 bits per heavy atom. The Kier molecular flexibility index (Phi) is 4.62. The van der Waals surface area contributed by atoms with Crippen LogP contribution in [0.4, 0.5) is 5.13 Å². The van der Waals surface area contributed by atoms with Crippen molar-refractivity contribution in [1.82, 2.24) is 20.3 Å². The van der Waals surface area contributed by atoms with Crippen molar-refractivity contribution in [3.8, 4) is 11.5 Å². The van der Waals surface area contributed by atoms with Crippen molar-refractivity contribution in [2.45, 2.75) is 13.5 Å². The molecule has 0 aliphatic rings. The van der Waals surface area contributed by atoms with E-state index >= 15 is 0 Å². The summed E-state index contributed by atoms with van der Waals surface area (Å²) in [7, 11) is 0. The molecule has 0 bridgehead atoms.